The Balaban J connectivity index is 0.000000245. The molecule has 2 fully saturated rings. The van der Waals surface area contributed by atoms with E-state index in [0.29, 0.717) is 5.41 Å². The van der Waals surface area contributed by atoms with Crippen LogP contribution in [0.3, 0.4) is 0 Å². The van der Waals surface area contributed by atoms with Crippen LogP contribution in [0.15, 0.2) is 0 Å². The number of fused-ring (bicyclic) bond motifs is 2. The Morgan fingerprint density at radius 2 is 1.80 bits per heavy atom. The standard InChI is InChI=1S/C10H18O.CH4N2O/c1-9(2)7-4-5-10(9,3)8(11)6-7;2-1(3)4/h7-8,11H,4-6H2,1-3H3;(H4,2,3,4). The summed E-state index contributed by atoms with van der Waals surface area (Å²) in [6.45, 7) is 6.90. The number of rotatable bonds is 0. The quantitative estimate of drug-likeness (QED) is 0.566. The summed E-state index contributed by atoms with van der Waals surface area (Å²) in [7, 11) is 0. The second kappa shape index (κ2) is 3.67. The van der Waals surface area contributed by atoms with Crippen LogP contribution in [-0.4, -0.2) is 17.2 Å². The van der Waals surface area contributed by atoms with Crippen molar-refractivity contribution in [1.29, 1.82) is 0 Å². The number of primary amides is 2. The van der Waals surface area contributed by atoms with Crippen molar-refractivity contribution in [3.8, 4) is 0 Å². The number of carbonyl (C=O) groups excluding carboxylic acids is 1. The molecule has 0 aliphatic heterocycles. The second-order valence-corrected chi connectivity index (χ2v) is 5.53. The summed E-state index contributed by atoms with van der Waals surface area (Å²) < 4.78 is 0. The molecule has 0 aromatic heterocycles. The normalized spacial score (nSPS) is 40.8. The number of urea groups is 1. The number of carbonyl (C=O) groups is 1. The zero-order valence-corrected chi connectivity index (χ0v) is 9.79. The summed E-state index contributed by atoms with van der Waals surface area (Å²) >= 11 is 0. The average Bonchev–Trinajstić information content (AvgIpc) is 2.36. The maximum atomic E-state index is 9.81. The number of amides is 2. The van der Waals surface area contributed by atoms with Crippen molar-refractivity contribution >= 4 is 6.03 Å². The van der Waals surface area contributed by atoms with Gasteiger partial charge in [0.15, 0.2) is 0 Å². The first kappa shape index (κ1) is 12.3. The molecule has 0 aromatic carbocycles. The molecule has 5 N–H and O–H groups in total. The lowest BCUT2D eigenvalue weighted by Crippen LogP contribution is -2.35. The molecule has 0 saturated heterocycles. The SMILES string of the molecule is CC1(C)C2CCC1(C)C(O)C2.NC(N)=O. The van der Waals surface area contributed by atoms with Crippen LogP contribution >= 0.6 is 0 Å². The molecule has 0 radical (unpaired) electrons. The van der Waals surface area contributed by atoms with E-state index in [4.69, 9.17) is 4.79 Å². The van der Waals surface area contributed by atoms with E-state index in [-0.39, 0.29) is 11.5 Å². The molecule has 0 aromatic rings. The van der Waals surface area contributed by atoms with Gasteiger partial charge in [-0.1, -0.05) is 20.8 Å². The first-order valence-corrected chi connectivity index (χ1v) is 5.45. The summed E-state index contributed by atoms with van der Waals surface area (Å²) in [5.74, 6) is 0.780. The third kappa shape index (κ3) is 1.83. The van der Waals surface area contributed by atoms with E-state index >= 15 is 0 Å². The van der Waals surface area contributed by atoms with Crippen LogP contribution in [0.4, 0.5) is 4.79 Å². The van der Waals surface area contributed by atoms with Crippen LogP contribution in [0.2, 0.25) is 0 Å². The van der Waals surface area contributed by atoms with Gasteiger partial charge in [-0.3, -0.25) is 0 Å². The fourth-order valence-corrected chi connectivity index (χ4v) is 3.16. The average molecular weight is 214 g/mol. The molecular weight excluding hydrogens is 192 g/mol. The van der Waals surface area contributed by atoms with Crippen molar-refractivity contribution in [2.45, 2.75) is 46.1 Å². The molecule has 3 unspecified atom stereocenters. The predicted molar refractivity (Wildman–Crippen MR) is 59.0 cm³/mol. The molecule has 2 bridgehead atoms. The highest BCUT2D eigenvalue weighted by Crippen LogP contribution is 2.65. The third-order valence-corrected chi connectivity index (χ3v) is 4.75. The minimum atomic E-state index is -0.833. The zero-order chi connectivity index (χ0) is 11.9. The largest absolute Gasteiger partial charge is 0.393 e. The van der Waals surface area contributed by atoms with E-state index in [1.54, 1.807) is 0 Å². The molecule has 2 amide bonds. The van der Waals surface area contributed by atoms with E-state index in [1.807, 2.05) is 0 Å². The Labute approximate surface area is 91.0 Å². The highest BCUT2D eigenvalue weighted by molar-refractivity contribution is 5.69. The lowest BCUT2D eigenvalue weighted by Gasteiger charge is -2.36. The van der Waals surface area contributed by atoms with Gasteiger partial charge in [0.25, 0.3) is 0 Å². The molecule has 0 heterocycles. The lowest BCUT2D eigenvalue weighted by atomic mass is 9.70. The predicted octanol–water partition coefficient (Wildman–Crippen LogP) is 1.22. The first-order valence-electron chi connectivity index (χ1n) is 5.45. The fraction of sp³-hybridized carbons (Fsp3) is 0.909. The van der Waals surface area contributed by atoms with Crippen LogP contribution in [0.1, 0.15) is 40.0 Å². The van der Waals surface area contributed by atoms with Crippen LogP contribution < -0.4 is 11.5 Å². The molecule has 2 saturated carbocycles. The maximum Gasteiger partial charge on any atom is 0.309 e. The van der Waals surface area contributed by atoms with Gasteiger partial charge < -0.3 is 16.6 Å². The Morgan fingerprint density at radius 3 is 1.93 bits per heavy atom. The fourth-order valence-electron chi connectivity index (χ4n) is 3.16. The van der Waals surface area contributed by atoms with Crippen molar-refractivity contribution in [2.24, 2.45) is 28.2 Å². The molecule has 15 heavy (non-hydrogen) atoms. The Bertz CT molecular complexity index is 261. The molecule has 2 rings (SSSR count). The summed E-state index contributed by atoms with van der Waals surface area (Å²) in [6.07, 6.45) is 3.58. The number of hydrogen-bond acceptors (Lipinski definition) is 2. The summed E-state index contributed by atoms with van der Waals surface area (Å²) in [5, 5.41) is 9.81. The van der Waals surface area contributed by atoms with E-state index in [2.05, 4.69) is 32.2 Å². The molecule has 4 nitrogen and oxygen atoms in total. The van der Waals surface area contributed by atoms with Gasteiger partial charge >= 0.3 is 6.03 Å². The molecular formula is C11H22N2O2. The molecule has 0 spiro atoms. The van der Waals surface area contributed by atoms with Crippen molar-refractivity contribution in [2.75, 3.05) is 0 Å². The van der Waals surface area contributed by atoms with Gasteiger partial charge in [0, 0.05) is 0 Å². The Hall–Kier alpha value is -0.770. The molecule has 4 heteroatoms. The van der Waals surface area contributed by atoms with Gasteiger partial charge in [-0.15, -0.1) is 0 Å². The molecule has 3 atom stereocenters. The van der Waals surface area contributed by atoms with E-state index in [9.17, 15) is 5.11 Å². The maximum absolute atomic E-state index is 9.81. The number of hydrogen-bond donors (Lipinski definition) is 3. The summed E-state index contributed by atoms with van der Waals surface area (Å²) in [5.41, 5.74) is 9.10. The Morgan fingerprint density at radius 1 is 1.33 bits per heavy atom. The summed E-state index contributed by atoms with van der Waals surface area (Å²) in [4.78, 5) is 9.00. The van der Waals surface area contributed by atoms with Crippen molar-refractivity contribution in [3.63, 3.8) is 0 Å². The second-order valence-electron chi connectivity index (χ2n) is 5.53. The summed E-state index contributed by atoms with van der Waals surface area (Å²) in [6, 6.07) is -0.833. The smallest absolute Gasteiger partial charge is 0.309 e. The van der Waals surface area contributed by atoms with Gasteiger partial charge in [0.2, 0.25) is 0 Å². The van der Waals surface area contributed by atoms with Crippen LogP contribution in [0, 0.1) is 16.7 Å². The first-order chi connectivity index (χ1) is 6.72. The van der Waals surface area contributed by atoms with Gasteiger partial charge in [-0.2, -0.15) is 0 Å². The van der Waals surface area contributed by atoms with E-state index in [1.165, 1.54) is 12.8 Å². The highest BCUT2D eigenvalue weighted by atomic mass is 16.3. The van der Waals surface area contributed by atoms with Crippen LogP contribution in [-0.2, 0) is 0 Å². The minimum absolute atomic E-state index is 0.0313. The van der Waals surface area contributed by atoms with Crippen molar-refractivity contribution in [1.82, 2.24) is 0 Å². The van der Waals surface area contributed by atoms with Crippen LogP contribution in [0.5, 0.6) is 0 Å². The van der Waals surface area contributed by atoms with Crippen molar-refractivity contribution in [3.05, 3.63) is 0 Å². The van der Waals surface area contributed by atoms with Crippen molar-refractivity contribution < 1.29 is 9.90 Å². The topological polar surface area (TPSA) is 89.3 Å². The lowest BCUT2D eigenvalue weighted by molar-refractivity contribution is 0.0126. The third-order valence-electron chi connectivity index (χ3n) is 4.75. The number of aliphatic hydroxyl groups is 1. The Kier molecular flexibility index (Phi) is 3.01. The van der Waals surface area contributed by atoms with E-state index in [0.717, 1.165) is 12.3 Å². The van der Waals surface area contributed by atoms with E-state index < -0.39 is 6.03 Å². The molecule has 88 valence electrons. The van der Waals surface area contributed by atoms with Gasteiger partial charge in [-0.05, 0) is 36.0 Å². The van der Waals surface area contributed by atoms with Crippen LogP contribution in [0.25, 0.3) is 0 Å². The van der Waals surface area contributed by atoms with Gasteiger partial charge in [-0.25, -0.2) is 4.79 Å². The van der Waals surface area contributed by atoms with Gasteiger partial charge in [0.05, 0.1) is 6.10 Å². The van der Waals surface area contributed by atoms with Gasteiger partial charge in [0.1, 0.15) is 0 Å². The highest BCUT2D eigenvalue weighted by Gasteiger charge is 2.60. The number of aliphatic hydroxyl groups excluding tert-OH is 1. The number of nitrogens with two attached hydrogens (primary N) is 2. The minimum Gasteiger partial charge on any atom is -0.393 e. The molecule has 2 aliphatic rings. The monoisotopic (exact) mass is 214 g/mol. The zero-order valence-electron chi connectivity index (χ0n) is 9.79. The molecule has 2 aliphatic carbocycles.